The first kappa shape index (κ1) is 14.6. The second kappa shape index (κ2) is 6.07. The molecule has 0 saturated heterocycles. The number of anilines is 1. The first-order valence-corrected chi connectivity index (χ1v) is 6.53. The van der Waals surface area contributed by atoms with E-state index >= 15 is 0 Å². The number of aryl methyl sites for hydroxylation is 1. The Labute approximate surface area is 122 Å². The molecule has 0 spiro atoms. The monoisotopic (exact) mass is 293 g/mol. The van der Waals surface area contributed by atoms with Gasteiger partial charge in [-0.05, 0) is 30.7 Å². The molecule has 2 aromatic rings. The molecule has 0 aliphatic heterocycles. The molecular formula is C14H16ClN3O2. The number of nitrogens with two attached hydrogens (primary N) is 1. The summed E-state index contributed by atoms with van der Waals surface area (Å²) in [6.07, 6.45) is 1.47. The predicted octanol–water partition coefficient (Wildman–Crippen LogP) is 2.30. The van der Waals surface area contributed by atoms with Crippen molar-refractivity contribution in [2.24, 2.45) is 0 Å². The van der Waals surface area contributed by atoms with Crippen molar-refractivity contribution in [3.63, 3.8) is 0 Å². The molecule has 20 heavy (non-hydrogen) atoms. The lowest BCUT2D eigenvalue weighted by Crippen LogP contribution is -2.15. The molecule has 1 aromatic heterocycles. The van der Waals surface area contributed by atoms with Gasteiger partial charge in [0.2, 0.25) is 5.78 Å². The largest absolute Gasteiger partial charge is 0.399 e. The first-order valence-electron chi connectivity index (χ1n) is 6.15. The molecule has 0 fully saturated rings. The maximum Gasteiger partial charge on any atom is 0.212 e. The molecule has 0 saturated carbocycles. The van der Waals surface area contributed by atoms with Crippen LogP contribution in [-0.4, -0.2) is 29.3 Å². The molecule has 0 aliphatic rings. The smallest absolute Gasteiger partial charge is 0.212 e. The number of hydrogen-bond acceptors (Lipinski definition) is 4. The van der Waals surface area contributed by atoms with Crippen LogP contribution in [0.25, 0.3) is 0 Å². The summed E-state index contributed by atoms with van der Waals surface area (Å²) in [5.41, 5.74) is 8.18. The summed E-state index contributed by atoms with van der Waals surface area (Å²) in [5.74, 6) is -0.174. The number of methoxy groups -OCH3 is 1. The quantitative estimate of drug-likeness (QED) is 0.678. The SMILES string of the molecule is COCCn1ncc(Cl)c1C(=O)c1ccc(N)c(C)c1. The third-order valence-corrected chi connectivity index (χ3v) is 3.33. The highest BCUT2D eigenvalue weighted by atomic mass is 35.5. The van der Waals surface area contributed by atoms with E-state index in [1.165, 1.54) is 6.20 Å². The van der Waals surface area contributed by atoms with E-state index in [0.717, 1.165) is 5.56 Å². The van der Waals surface area contributed by atoms with E-state index in [4.69, 9.17) is 22.1 Å². The molecule has 6 heteroatoms. The number of hydrogen-bond donors (Lipinski definition) is 1. The van der Waals surface area contributed by atoms with Gasteiger partial charge in [0, 0.05) is 18.4 Å². The minimum Gasteiger partial charge on any atom is -0.399 e. The van der Waals surface area contributed by atoms with Crippen LogP contribution in [0.4, 0.5) is 5.69 Å². The Balaban J connectivity index is 2.37. The molecule has 0 bridgehead atoms. The minimum absolute atomic E-state index is 0.174. The van der Waals surface area contributed by atoms with Crippen molar-refractivity contribution in [2.75, 3.05) is 19.5 Å². The number of nitrogens with zero attached hydrogens (tertiary/aromatic N) is 2. The topological polar surface area (TPSA) is 70.1 Å². The molecule has 1 heterocycles. The summed E-state index contributed by atoms with van der Waals surface area (Å²) in [6.45, 7) is 2.78. The molecule has 2 rings (SSSR count). The highest BCUT2D eigenvalue weighted by molar-refractivity contribution is 6.34. The Morgan fingerprint density at radius 2 is 2.25 bits per heavy atom. The minimum atomic E-state index is -0.174. The summed E-state index contributed by atoms with van der Waals surface area (Å²) in [4.78, 5) is 12.5. The van der Waals surface area contributed by atoms with Gasteiger partial charge in [-0.3, -0.25) is 9.48 Å². The number of ketones is 1. The van der Waals surface area contributed by atoms with E-state index in [2.05, 4.69) is 5.10 Å². The molecule has 0 unspecified atom stereocenters. The van der Waals surface area contributed by atoms with Crippen LogP contribution in [0.2, 0.25) is 5.02 Å². The molecule has 2 N–H and O–H groups in total. The Hall–Kier alpha value is -1.85. The van der Waals surface area contributed by atoms with Crippen LogP contribution in [0, 0.1) is 6.92 Å². The molecule has 0 amide bonds. The summed E-state index contributed by atoms with van der Waals surface area (Å²) in [6, 6.07) is 5.16. The second-order valence-corrected chi connectivity index (χ2v) is 4.86. The van der Waals surface area contributed by atoms with Crippen LogP contribution >= 0.6 is 11.6 Å². The maximum absolute atomic E-state index is 12.5. The van der Waals surface area contributed by atoms with Gasteiger partial charge in [0.25, 0.3) is 0 Å². The number of carbonyl (C=O) groups is 1. The number of aromatic nitrogens is 2. The lowest BCUT2D eigenvalue weighted by molar-refractivity contribution is 0.102. The summed E-state index contributed by atoms with van der Waals surface area (Å²) < 4.78 is 6.55. The van der Waals surface area contributed by atoms with Gasteiger partial charge in [0.05, 0.1) is 24.4 Å². The second-order valence-electron chi connectivity index (χ2n) is 4.46. The van der Waals surface area contributed by atoms with Crippen molar-refractivity contribution in [1.82, 2.24) is 9.78 Å². The van der Waals surface area contributed by atoms with Crippen LogP contribution in [0.15, 0.2) is 24.4 Å². The normalized spacial score (nSPS) is 10.8. The maximum atomic E-state index is 12.5. The summed E-state index contributed by atoms with van der Waals surface area (Å²) in [7, 11) is 1.59. The van der Waals surface area contributed by atoms with Crippen molar-refractivity contribution in [3.05, 3.63) is 46.2 Å². The van der Waals surface area contributed by atoms with Gasteiger partial charge in [0.15, 0.2) is 0 Å². The van der Waals surface area contributed by atoms with Gasteiger partial charge in [-0.2, -0.15) is 5.10 Å². The van der Waals surface area contributed by atoms with Crippen LogP contribution in [0.3, 0.4) is 0 Å². The van der Waals surface area contributed by atoms with E-state index < -0.39 is 0 Å². The zero-order valence-electron chi connectivity index (χ0n) is 11.4. The van der Waals surface area contributed by atoms with Crippen molar-refractivity contribution in [1.29, 1.82) is 0 Å². The van der Waals surface area contributed by atoms with Gasteiger partial charge in [-0.1, -0.05) is 11.6 Å². The lowest BCUT2D eigenvalue weighted by Gasteiger charge is -2.08. The highest BCUT2D eigenvalue weighted by Gasteiger charge is 2.19. The van der Waals surface area contributed by atoms with Crippen LogP contribution in [0.1, 0.15) is 21.6 Å². The van der Waals surface area contributed by atoms with Crippen molar-refractivity contribution < 1.29 is 9.53 Å². The predicted molar refractivity (Wildman–Crippen MR) is 78.1 cm³/mol. The Morgan fingerprint density at radius 1 is 1.50 bits per heavy atom. The highest BCUT2D eigenvalue weighted by Crippen LogP contribution is 2.21. The zero-order chi connectivity index (χ0) is 14.7. The van der Waals surface area contributed by atoms with E-state index in [-0.39, 0.29) is 5.78 Å². The zero-order valence-corrected chi connectivity index (χ0v) is 12.1. The van der Waals surface area contributed by atoms with E-state index in [1.807, 2.05) is 6.92 Å². The number of nitrogen functional groups attached to an aromatic ring is 1. The fourth-order valence-corrected chi connectivity index (χ4v) is 2.12. The van der Waals surface area contributed by atoms with Gasteiger partial charge in [-0.25, -0.2) is 0 Å². The third kappa shape index (κ3) is 2.84. The number of carbonyl (C=O) groups excluding carboxylic acids is 1. The van der Waals surface area contributed by atoms with Gasteiger partial charge < -0.3 is 10.5 Å². The molecule has 0 radical (unpaired) electrons. The molecule has 0 aliphatic carbocycles. The number of halogens is 1. The molecular weight excluding hydrogens is 278 g/mol. The van der Waals surface area contributed by atoms with E-state index in [1.54, 1.807) is 30.0 Å². The average molecular weight is 294 g/mol. The summed E-state index contributed by atoms with van der Waals surface area (Å²) >= 11 is 6.07. The van der Waals surface area contributed by atoms with Gasteiger partial charge in [0.1, 0.15) is 5.69 Å². The van der Waals surface area contributed by atoms with Crippen molar-refractivity contribution in [3.8, 4) is 0 Å². The van der Waals surface area contributed by atoms with E-state index in [0.29, 0.717) is 35.1 Å². The fourth-order valence-electron chi connectivity index (χ4n) is 1.89. The number of rotatable bonds is 5. The molecule has 1 aromatic carbocycles. The molecule has 5 nitrogen and oxygen atoms in total. The van der Waals surface area contributed by atoms with Crippen LogP contribution < -0.4 is 5.73 Å². The Bertz CT molecular complexity index is 637. The lowest BCUT2D eigenvalue weighted by atomic mass is 10.0. The molecule has 0 atom stereocenters. The van der Waals surface area contributed by atoms with E-state index in [9.17, 15) is 4.79 Å². The summed E-state index contributed by atoms with van der Waals surface area (Å²) in [5, 5.41) is 4.43. The number of ether oxygens (including phenoxy) is 1. The number of benzene rings is 1. The average Bonchev–Trinajstić information content (AvgIpc) is 2.80. The van der Waals surface area contributed by atoms with Gasteiger partial charge in [-0.15, -0.1) is 0 Å². The fraction of sp³-hybridized carbons (Fsp3) is 0.286. The Morgan fingerprint density at radius 3 is 2.90 bits per heavy atom. The standard InChI is InChI=1S/C14H16ClN3O2/c1-9-7-10(3-4-12(9)16)14(19)13-11(15)8-17-18(13)5-6-20-2/h3-4,7-8H,5-6,16H2,1-2H3. The van der Waals surface area contributed by atoms with Gasteiger partial charge >= 0.3 is 0 Å². The first-order chi connectivity index (χ1) is 9.54. The Kier molecular flexibility index (Phi) is 4.42. The molecule has 106 valence electrons. The van der Waals surface area contributed by atoms with Crippen molar-refractivity contribution in [2.45, 2.75) is 13.5 Å². The third-order valence-electron chi connectivity index (χ3n) is 3.05. The van der Waals surface area contributed by atoms with Crippen molar-refractivity contribution >= 4 is 23.1 Å². The van der Waals surface area contributed by atoms with Crippen LogP contribution in [0.5, 0.6) is 0 Å². The van der Waals surface area contributed by atoms with Crippen LogP contribution in [-0.2, 0) is 11.3 Å².